The van der Waals surface area contributed by atoms with Crippen LogP contribution in [0.25, 0.3) is 0 Å². The Morgan fingerprint density at radius 3 is 1.76 bits per heavy atom. The number of nitrogens with zero attached hydrogens (tertiary/aromatic N) is 2. The normalized spacial score (nSPS) is 9.76. The van der Waals surface area contributed by atoms with Gasteiger partial charge in [0.25, 0.3) is 0 Å². The van der Waals surface area contributed by atoms with E-state index in [9.17, 15) is 8.78 Å². The van der Waals surface area contributed by atoms with E-state index in [0.29, 0.717) is 0 Å². The van der Waals surface area contributed by atoms with Crippen molar-refractivity contribution in [2.45, 2.75) is 0 Å². The number of rotatable bonds is 4. The molecule has 2 aromatic heterocycles. The SMILES string of the molecule is Fc1cccnc1O[B]Oc1ncccc1F. The van der Waals surface area contributed by atoms with Gasteiger partial charge < -0.3 is 9.31 Å². The molecule has 2 aromatic rings. The first-order chi connectivity index (χ1) is 8.27. The Kier molecular flexibility index (Phi) is 3.49. The molecule has 0 saturated heterocycles. The number of hydrogen-bond acceptors (Lipinski definition) is 4. The summed E-state index contributed by atoms with van der Waals surface area (Å²) in [6, 6.07) is 5.19. The predicted octanol–water partition coefficient (Wildman–Crippen LogP) is 1.75. The first-order valence-electron chi connectivity index (χ1n) is 4.63. The Balaban J connectivity index is 1.93. The Morgan fingerprint density at radius 2 is 1.35 bits per heavy atom. The van der Waals surface area contributed by atoms with Crippen molar-refractivity contribution in [3.63, 3.8) is 0 Å². The van der Waals surface area contributed by atoms with Gasteiger partial charge in [-0.15, -0.1) is 0 Å². The van der Waals surface area contributed by atoms with Crippen LogP contribution in [-0.2, 0) is 0 Å². The van der Waals surface area contributed by atoms with E-state index in [1.54, 1.807) is 0 Å². The molecular weight excluding hydrogens is 229 g/mol. The molecule has 0 fully saturated rings. The van der Waals surface area contributed by atoms with Crippen molar-refractivity contribution >= 4 is 7.69 Å². The summed E-state index contributed by atoms with van der Waals surface area (Å²) < 4.78 is 35.6. The summed E-state index contributed by atoms with van der Waals surface area (Å²) in [6.45, 7) is 0. The molecule has 0 N–H and O–H groups in total. The maximum atomic E-state index is 13.0. The van der Waals surface area contributed by atoms with Gasteiger partial charge in [-0.1, -0.05) is 0 Å². The monoisotopic (exact) mass is 235 g/mol. The van der Waals surface area contributed by atoms with Crippen molar-refractivity contribution in [1.29, 1.82) is 0 Å². The van der Waals surface area contributed by atoms with Gasteiger partial charge in [-0.05, 0) is 24.3 Å². The largest absolute Gasteiger partial charge is 0.660 e. The molecule has 17 heavy (non-hydrogen) atoms. The van der Waals surface area contributed by atoms with Crippen LogP contribution < -0.4 is 9.31 Å². The fraction of sp³-hybridized carbons (Fsp3) is 0. The van der Waals surface area contributed by atoms with Crippen molar-refractivity contribution < 1.29 is 18.1 Å². The topological polar surface area (TPSA) is 44.2 Å². The van der Waals surface area contributed by atoms with Crippen LogP contribution in [0.5, 0.6) is 11.8 Å². The number of halogens is 2. The standard InChI is InChI=1S/C10H6BF2N2O2/c12-7-3-1-5-14-9(7)16-11-17-10-8(13)4-2-6-15-10/h1-6H. The minimum absolute atomic E-state index is 0.260. The second-order valence-corrected chi connectivity index (χ2v) is 2.91. The van der Waals surface area contributed by atoms with Crippen LogP contribution in [-0.4, -0.2) is 17.7 Å². The van der Waals surface area contributed by atoms with Crippen LogP contribution >= 0.6 is 0 Å². The number of hydrogen-bond donors (Lipinski definition) is 0. The van der Waals surface area contributed by atoms with Gasteiger partial charge in [0.1, 0.15) is 0 Å². The van der Waals surface area contributed by atoms with E-state index in [-0.39, 0.29) is 11.8 Å². The van der Waals surface area contributed by atoms with Crippen LogP contribution in [0.1, 0.15) is 0 Å². The van der Waals surface area contributed by atoms with E-state index < -0.39 is 11.6 Å². The van der Waals surface area contributed by atoms with E-state index in [0.717, 1.165) is 7.69 Å². The molecular formula is C10H6BF2N2O2. The van der Waals surface area contributed by atoms with Crippen LogP contribution in [0.2, 0.25) is 0 Å². The lowest BCUT2D eigenvalue weighted by Gasteiger charge is -2.05. The summed E-state index contributed by atoms with van der Waals surface area (Å²) >= 11 is 0. The fourth-order valence-corrected chi connectivity index (χ4v) is 1.03. The van der Waals surface area contributed by atoms with Gasteiger partial charge >= 0.3 is 7.69 Å². The maximum Gasteiger partial charge on any atom is 0.660 e. The summed E-state index contributed by atoms with van der Waals surface area (Å²) in [5.41, 5.74) is 0. The van der Waals surface area contributed by atoms with Crippen molar-refractivity contribution in [1.82, 2.24) is 9.97 Å². The van der Waals surface area contributed by atoms with Gasteiger partial charge in [0.2, 0.25) is 11.8 Å². The third kappa shape index (κ3) is 2.90. The molecule has 0 aliphatic heterocycles. The highest BCUT2D eigenvalue weighted by molar-refractivity contribution is 6.20. The highest BCUT2D eigenvalue weighted by Crippen LogP contribution is 2.13. The zero-order valence-corrected chi connectivity index (χ0v) is 8.51. The van der Waals surface area contributed by atoms with Crippen LogP contribution in [0.15, 0.2) is 36.7 Å². The molecule has 7 heteroatoms. The lowest BCUT2D eigenvalue weighted by Crippen LogP contribution is -2.14. The first kappa shape index (κ1) is 11.3. The van der Waals surface area contributed by atoms with Gasteiger partial charge in [-0.25, -0.2) is 18.7 Å². The van der Waals surface area contributed by atoms with Gasteiger partial charge in [0, 0.05) is 12.4 Å². The van der Waals surface area contributed by atoms with Gasteiger partial charge in [0.15, 0.2) is 11.6 Å². The third-order valence-electron chi connectivity index (χ3n) is 1.77. The molecule has 4 nitrogen and oxygen atoms in total. The molecule has 0 bridgehead atoms. The minimum atomic E-state index is -0.645. The summed E-state index contributed by atoms with van der Waals surface area (Å²) in [6.07, 6.45) is 2.71. The molecule has 1 radical (unpaired) electrons. The molecule has 0 amide bonds. The average molecular weight is 235 g/mol. The van der Waals surface area contributed by atoms with Gasteiger partial charge in [0.05, 0.1) is 0 Å². The van der Waals surface area contributed by atoms with Gasteiger partial charge in [-0.3, -0.25) is 0 Å². The molecule has 0 spiro atoms. The molecule has 0 aliphatic carbocycles. The van der Waals surface area contributed by atoms with Crippen LogP contribution in [0.4, 0.5) is 8.78 Å². The third-order valence-corrected chi connectivity index (χ3v) is 1.77. The smallest absolute Gasteiger partial charge is 0.510 e. The molecule has 0 unspecified atom stereocenters. The Morgan fingerprint density at radius 1 is 0.882 bits per heavy atom. The summed E-state index contributed by atoms with van der Waals surface area (Å²) in [7, 11) is 0.761. The lowest BCUT2D eigenvalue weighted by molar-refractivity contribution is 0.401. The molecule has 0 aromatic carbocycles. The van der Waals surface area contributed by atoms with Crippen molar-refractivity contribution in [2.75, 3.05) is 0 Å². The Bertz CT molecular complexity index is 468. The predicted molar refractivity (Wildman–Crippen MR) is 55.4 cm³/mol. The summed E-state index contributed by atoms with van der Waals surface area (Å²) in [5.74, 6) is -1.81. The molecule has 0 atom stereocenters. The molecule has 0 saturated carbocycles. The van der Waals surface area contributed by atoms with E-state index in [1.165, 1.54) is 36.7 Å². The average Bonchev–Trinajstić information content (AvgIpc) is 2.34. The second kappa shape index (κ2) is 5.24. The zero-order chi connectivity index (χ0) is 12.1. The zero-order valence-electron chi connectivity index (χ0n) is 8.51. The quantitative estimate of drug-likeness (QED) is 0.757. The minimum Gasteiger partial charge on any atom is -0.510 e. The van der Waals surface area contributed by atoms with Gasteiger partial charge in [-0.2, -0.15) is 0 Å². The van der Waals surface area contributed by atoms with E-state index in [1.807, 2.05) is 0 Å². The summed E-state index contributed by atoms with van der Waals surface area (Å²) in [4.78, 5) is 7.22. The van der Waals surface area contributed by atoms with E-state index >= 15 is 0 Å². The van der Waals surface area contributed by atoms with Crippen LogP contribution in [0.3, 0.4) is 0 Å². The Labute approximate surface area is 96.5 Å². The van der Waals surface area contributed by atoms with E-state index in [2.05, 4.69) is 9.97 Å². The maximum absolute atomic E-state index is 13.0. The highest BCUT2D eigenvalue weighted by atomic mass is 19.1. The first-order valence-corrected chi connectivity index (χ1v) is 4.63. The highest BCUT2D eigenvalue weighted by Gasteiger charge is 2.10. The fourth-order valence-electron chi connectivity index (χ4n) is 1.03. The van der Waals surface area contributed by atoms with E-state index in [4.69, 9.17) is 9.31 Å². The molecule has 0 aliphatic rings. The molecule has 2 heterocycles. The number of aromatic nitrogens is 2. The van der Waals surface area contributed by atoms with Crippen molar-refractivity contribution in [3.8, 4) is 11.8 Å². The van der Waals surface area contributed by atoms with Crippen molar-refractivity contribution in [2.24, 2.45) is 0 Å². The lowest BCUT2D eigenvalue weighted by atomic mass is 10.3. The van der Waals surface area contributed by atoms with Crippen molar-refractivity contribution in [3.05, 3.63) is 48.3 Å². The summed E-state index contributed by atoms with van der Waals surface area (Å²) in [5, 5.41) is 0. The molecule has 85 valence electrons. The molecule has 2 rings (SSSR count). The second-order valence-electron chi connectivity index (χ2n) is 2.91. The number of pyridine rings is 2. The van der Waals surface area contributed by atoms with Crippen LogP contribution in [0, 0.1) is 11.6 Å². The Hall–Kier alpha value is -2.18.